The van der Waals surface area contributed by atoms with E-state index in [9.17, 15) is 0 Å². The Bertz CT molecular complexity index is 533. The highest BCUT2D eigenvalue weighted by Crippen LogP contribution is 2.26. The largest absolute Gasteiger partial charge is 0.418 e. The molecule has 2 nitrogen and oxygen atoms in total. The van der Waals surface area contributed by atoms with Gasteiger partial charge in [-0.15, -0.1) is 0 Å². The van der Waals surface area contributed by atoms with E-state index in [0.717, 1.165) is 12.3 Å². The molecule has 0 N–H and O–H groups in total. The third-order valence-corrected chi connectivity index (χ3v) is 4.02. The lowest BCUT2D eigenvalue weighted by Crippen LogP contribution is -2.00. The normalized spacial score (nSPS) is 11.1. The maximum atomic E-state index is 5.12. The first-order chi connectivity index (χ1) is 9.30. The van der Waals surface area contributed by atoms with E-state index in [1.165, 1.54) is 48.7 Å². The summed E-state index contributed by atoms with van der Waals surface area (Å²) in [4.78, 5) is 0. The molecule has 2 aromatic rings. The van der Waals surface area contributed by atoms with Gasteiger partial charge in [-0.1, -0.05) is 26.2 Å². The van der Waals surface area contributed by atoms with Crippen molar-refractivity contribution in [2.75, 3.05) is 0 Å². The molecule has 19 heavy (non-hydrogen) atoms. The fourth-order valence-corrected chi connectivity index (χ4v) is 2.87. The highest BCUT2D eigenvalue weighted by Gasteiger charge is 2.08. The van der Waals surface area contributed by atoms with Gasteiger partial charge in [-0.3, -0.25) is 0 Å². The summed E-state index contributed by atoms with van der Waals surface area (Å²) in [5, 5.41) is 1.27. The van der Waals surface area contributed by atoms with E-state index in [4.69, 9.17) is 3.83 Å². The minimum absolute atomic E-state index is 0.860. The Hall–Kier alpha value is -0.960. The summed E-state index contributed by atoms with van der Waals surface area (Å²) in [5.41, 5.74) is 2.75. The second-order valence-electron chi connectivity index (χ2n) is 4.99. The predicted octanol–water partition coefficient (Wildman–Crippen LogP) is 5.47. The number of rotatable bonds is 7. The van der Waals surface area contributed by atoms with Gasteiger partial charge in [-0.2, -0.15) is 0 Å². The molecule has 3 heteroatoms. The number of halogens is 1. The zero-order chi connectivity index (χ0) is 13.7. The van der Waals surface area contributed by atoms with Gasteiger partial charge in [0.25, 0.3) is 0 Å². The van der Waals surface area contributed by atoms with Crippen molar-refractivity contribution in [3.63, 3.8) is 0 Å². The molecule has 1 aromatic carbocycles. The van der Waals surface area contributed by atoms with Gasteiger partial charge in [0.2, 0.25) is 0 Å². The molecule has 0 bridgehead atoms. The fraction of sp³-hybridized carbons (Fsp3) is 0.500. The van der Waals surface area contributed by atoms with Crippen molar-refractivity contribution in [1.29, 1.82) is 0 Å². The van der Waals surface area contributed by atoms with Gasteiger partial charge >= 0.3 is 0 Å². The van der Waals surface area contributed by atoms with Crippen LogP contribution in [0.25, 0.3) is 10.9 Å². The number of nitrogens with zero attached hydrogens (tertiary/aromatic N) is 1. The summed E-state index contributed by atoms with van der Waals surface area (Å²) in [5.74, 6) is 0.860. The Labute approximate surface area is 124 Å². The number of benzene rings is 1. The van der Waals surface area contributed by atoms with Crippen LogP contribution >= 0.6 is 16.3 Å². The van der Waals surface area contributed by atoms with Gasteiger partial charge in [-0.05, 0) is 44.0 Å². The van der Waals surface area contributed by atoms with Crippen molar-refractivity contribution in [3.05, 3.63) is 30.0 Å². The monoisotopic (exact) mass is 323 g/mol. The topological polar surface area (TPSA) is 14.2 Å². The molecule has 0 atom stereocenters. The molecule has 0 spiro atoms. The average Bonchev–Trinajstić information content (AvgIpc) is 2.79. The molecule has 0 saturated carbocycles. The quantitative estimate of drug-likeness (QED) is 0.616. The first kappa shape index (κ1) is 14.4. The van der Waals surface area contributed by atoms with Crippen LogP contribution in [0.1, 0.15) is 45.2 Å². The summed E-state index contributed by atoms with van der Waals surface area (Å²) < 4.78 is 7.54. The van der Waals surface area contributed by atoms with Gasteiger partial charge in [0.1, 0.15) is 5.75 Å². The number of hydrogen-bond donors (Lipinski definition) is 0. The van der Waals surface area contributed by atoms with Crippen LogP contribution in [0.5, 0.6) is 5.75 Å². The fourth-order valence-electron chi connectivity index (χ4n) is 2.67. The summed E-state index contributed by atoms with van der Waals surface area (Å²) >= 11 is 3.04. The Kier molecular flexibility index (Phi) is 5.32. The van der Waals surface area contributed by atoms with Crippen LogP contribution in [0.15, 0.2) is 24.3 Å². The number of aromatic nitrogens is 1. The van der Waals surface area contributed by atoms with Crippen LogP contribution in [-0.4, -0.2) is 4.57 Å². The molecule has 1 aromatic heterocycles. The standard InChI is InChI=1S/C16H22BrNO/c1-3-5-6-7-8-14-11-13-12-15(19-17)9-10-16(13)18(14)4-2/h9-12H,3-8H2,1-2H3. The Morgan fingerprint density at radius 1 is 1.11 bits per heavy atom. The first-order valence-corrected chi connectivity index (χ1v) is 7.85. The van der Waals surface area contributed by atoms with Crippen LogP contribution in [0, 0.1) is 0 Å². The molecule has 2 rings (SSSR count). The smallest absolute Gasteiger partial charge is 0.179 e. The average molecular weight is 324 g/mol. The van der Waals surface area contributed by atoms with Crippen molar-refractivity contribution >= 4 is 27.2 Å². The Balaban J connectivity index is 2.22. The lowest BCUT2D eigenvalue weighted by Gasteiger charge is -2.07. The van der Waals surface area contributed by atoms with Crippen LogP contribution in [0.4, 0.5) is 0 Å². The first-order valence-electron chi connectivity index (χ1n) is 7.21. The lowest BCUT2D eigenvalue weighted by atomic mass is 10.1. The third-order valence-electron chi connectivity index (χ3n) is 3.65. The molecule has 0 aliphatic rings. The minimum Gasteiger partial charge on any atom is -0.418 e. The van der Waals surface area contributed by atoms with Crippen LogP contribution in [0.2, 0.25) is 0 Å². The van der Waals surface area contributed by atoms with E-state index in [0.29, 0.717) is 0 Å². The zero-order valence-electron chi connectivity index (χ0n) is 11.8. The van der Waals surface area contributed by atoms with Crippen molar-refractivity contribution < 1.29 is 3.83 Å². The van der Waals surface area contributed by atoms with Crippen molar-refractivity contribution in [3.8, 4) is 5.75 Å². The number of hydrogen-bond acceptors (Lipinski definition) is 1. The van der Waals surface area contributed by atoms with Gasteiger partial charge < -0.3 is 8.40 Å². The highest BCUT2D eigenvalue weighted by atomic mass is 79.9. The molecular weight excluding hydrogens is 302 g/mol. The van der Waals surface area contributed by atoms with E-state index < -0.39 is 0 Å². The Morgan fingerprint density at radius 2 is 1.95 bits per heavy atom. The second kappa shape index (κ2) is 6.99. The molecule has 0 aliphatic heterocycles. The minimum atomic E-state index is 0.860. The van der Waals surface area contributed by atoms with Crippen LogP contribution in [-0.2, 0) is 13.0 Å². The van der Waals surface area contributed by atoms with Crippen molar-refractivity contribution in [2.45, 2.75) is 52.5 Å². The molecule has 0 amide bonds. The molecular formula is C16H22BrNO. The predicted molar refractivity (Wildman–Crippen MR) is 85.0 cm³/mol. The van der Waals surface area contributed by atoms with Crippen molar-refractivity contribution in [2.24, 2.45) is 0 Å². The van der Waals surface area contributed by atoms with Gasteiger partial charge in [0.05, 0.1) is 0 Å². The van der Waals surface area contributed by atoms with E-state index in [-0.39, 0.29) is 0 Å². The maximum Gasteiger partial charge on any atom is 0.179 e. The summed E-state index contributed by atoms with van der Waals surface area (Å²) in [7, 11) is 0. The summed E-state index contributed by atoms with van der Waals surface area (Å²) in [6, 6.07) is 8.54. The number of fused-ring (bicyclic) bond motifs is 1. The zero-order valence-corrected chi connectivity index (χ0v) is 13.4. The van der Waals surface area contributed by atoms with E-state index in [1.807, 2.05) is 6.07 Å². The maximum absolute atomic E-state index is 5.12. The van der Waals surface area contributed by atoms with Gasteiger partial charge in [0.15, 0.2) is 16.3 Å². The molecule has 0 aliphatic carbocycles. The summed E-state index contributed by atoms with van der Waals surface area (Å²) in [6.45, 7) is 5.50. The third kappa shape index (κ3) is 3.33. The Morgan fingerprint density at radius 3 is 2.63 bits per heavy atom. The number of unbranched alkanes of at least 4 members (excludes halogenated alkanes) is 3. The molecule has 0 unspecified atom stereocenters. The molecule has 0 saturated heterocycles. The molecule has 1 heterocycles. The van der Waals surface area contributed by atoms with Gasteiger partial charge in [-0.25, -0.2) is 0 Å². The van der Waals surface area contributed by atoms with Crippen LogP contribution < -0.4 is 3.83 Å². The molecule has 0 fully saturated rings. The molecule has 0 radical (unpaired) electrons. The highest BCUT2D eigenvalue weighted by molar-refractivity contribution is 9.06. The summed E-state index contributed by atoms with van der Waals surface area (Å²) in [6.07, 6.45) is 6.42. The second-order valence-corrected chi connectivity index (χ2v) is 5.31. The van der Waals surface area contributed by atoms with E-state index in [1.54, 1.807) is 0 Å². The van der Waals surface area contributed by atoms with Crippen LogP contribution in [0.3, 0.4) is 0 Å². The molecule has 104 valence electrons. The lowest BCUT2D eigenvalue weighted by molar-refractivity contribution is 0.638. The van der Waals surface area contributed by atoms with Crippen molar-refractivity contribution in [1.82, 2.24) is 4.57 Å². The van der Waals surface area contributed by atoms with Gasteiger partial charge in [0, 0.05) is 23.1 Å². The number of aryl methyl sites for hydroxylation is 2. The SMILES string of the molecule is CCCCCCc1cc2cc(OBr)ccc2n1CC. The van der Waals surface area contributed by atoms with E-state index >= 15 is 0 Å². The van der Waals surface area contributed by atoms with E-state index in [2.05, 4.69) is 52.9 Å².